The number of nitrogens with two attached hydrogens (primary N) is 1. The number of aryl methyl sites for hydroxylation is 1. The van der Waals surface area contributed by atoms with E-state index in [0.717, 1.165) is 5.56 Å². The fraction of sp³-hybridized carbons (Fsp3) is 0.133. The second-order valence-corrected chi connectivity index (χ2v) is 4.76. The number of aromatic amines is 1. The number of pyridine rings is 2. The number of nitriles is 1. The number of nitrogens with one attached hydrogen (secondary N) is 1. The summed E-state index contributed by atoms with van der Waals surface area (Å²) in [6.45, 7) is 1.76. The minimum absolute atomic E-state index is 0.0248. The van der Waals surface area contributed by atoms with Crippen molar-refractivity contribution >= 4 is 0 Å². The average molecular weight is 280 g/mol. The van der Waals surface area contributed by atoms with Crippen LogP contribution in [0.1, 0.15) is 22.7 Å². The van der Waals surface area contributed by atoms with Crippen molar-refractivity contribution in [3.63, 3.8) is 0 Å². The molecule has 0 unspecified atom stereocenters. The standard InChI is InChI=1S/C15H12N4O2/c1-8-6-11-13(15(20)19-8)12(9-2-4-18-5-3-9)10(7-16)14(17)21-11/h2-6,12H,17H2,1H3,(H,19,20)/t12-/m1/s1. The van der Waals surface area contributed by atoms with Gasteiger partial charge in [0, 0.05) is 24.2 Å². The minimum atomic E-state index is -0.550. The number of H-pyrrole nitrogens is 1. The van der Waals surface area contributed by atoms with E-state index in [1.807, 2.05) is 6.07 Å². The molecule has 0 aliphatic carbocycles. The maximum atomic E-state index is 12.3. The number of rotatable bonds is 1. The molecule has 0 spiro atoms. The lowest BCUT2D eigenvalue weighted by atomic mass is 9.84. The number of ether oxygens (including phenoxy) is 1. The van der Waals surface area contributed by atoms with Gasteiger partial charge in [0.15, 0.2) is 0 Å². The topological polar surface area (TPSA) is 105 Å². The first-order valence-electron chi connectivity index (χ1n) is 6.33. The van der Waals surface area contributed by atoms with Gasteiger partial charge in [0.25, 0.3) is 5.56 Å². The highest BCUT2D eigenvalue weighted by molar-refractivity contribution is 5.54. The summed E-state index contributed by atoms with van der Waals surface area (Å²) >= 11 is 0. The lowest BCUT2D eigenvalue weighted by molar-refractivity contribution is 0.391. The first-order chi connectivity index (χ1) is 10.1. The maximum absolute atomic E-state index is 12.3. The third-order valence-electron chi connectivity index (χ3n) is 3.39. The minimum Gasteiger partial charge on any atom is -0.440 e. The van der Waals surface area contributed by atoms with E-state index in [0.29, 0.717) is 17.0 Å². The van der Waals surface area contributed by atoms with Crippen LogP contribution >= 0.6 is 0 Å². The number of hydrogen-bond donors (Lipinski definition) is 2. The van der Waals surface area contributed by atoms with Crippen LogP contribution < -0.4 is 16.0 Å². The highest BCUT2D eigenvalue weighted by Gasteiger charge is 2.33. The summed E-state index contributed by atoms with van der Waals surface area (Å²) in [7, 11) is 0. The zero-order valence-corrected chi connectivity index (χ0v) is 11.3. The smallest absolute Gasteiger partial charge is 0.256 e. The molecule has 2 aromatic heterocycles. The van der Waals surface area contributed by atoms with Crippen molar-refractivity contribution in [2.75, 3.05) is 0 Å². The van der Waals surface area contributed by atoms with E-state index >= 15 is 0 Å². The van der Waals surface area contributed by atoms with E-state index in [9.17, 15) is 10.1 Å². The van der Waals surface area contributed by atoms with Crippen molar-refractivity contribution in [1.29, 1.82) is 5.26 Å². The summed E-state index contributed by atoms with van der Waals surface area (Å²) in [6, 6.07) is 7.25. The molecule has 1 aliphatic rings. The highest BCUT2D eigenvalue weighted by atomic mass is 16.5. The average Bonchev–Trinajstić information content (AvgIpc) is 2.46. The lowest BCUT2D eigenvalue weighted by Gasteiger charge is -2.25. The number of aromatic nitrogens is 2. The van der Waals surface area contributed by atoms with Crippen molar-refractivity contribution < 1.29 is 4.74 Å². The molecule has 21 heavy (non-hydrogen) atoms. The summed E-state index contributed by atoms with van der Waals surface area (Å²) in [5.41, 5.74) is 7.60. The zero-order chi connectivity index (χ0) is 15.0. The van der Waals surface area contributed by atoms with Crippen LogP contribution in [0.25, 0.3) is 0 Å². The van der Waals surface area contributed by atoms with Gasteiger partial charge in [-0.15, -0.1) is 0 Å². The molecule has 0 radical (unpaired) electrons. The van der Waals surface area contributed by atoms with Crippen LogP contribution in [-0.2, 0) is 0 Å². The van der Waals surface area contributed by atoms with Crippen LogP contribution in [0.3, 0.4) is 0 Å². The maximum Gasteiger partial charge on any atom is 0.256 e. The van der Waals surface area contributed by atoms with Gasteiger partial charge in [-0.3, -0.25) is 9.78 Å². The van der Waals surface area contributed by atoms with Gasteiger partial charge in [0.1, 0.15) is 17.4 Å². The Morgan fingerprint density at radius 3 is 2.81 bits per heavy atom. The lowest BCUT2D eigenvalue weighted by Crippen LogP contribution is -2.28. The molecule has 3 N–H and O–H groups in total. The number of allylic oxidation sites excluding steroid dienone is 1. The second-order valence-electron chi connectivity index (χ2n) is 4.76. The molecule has 1 aliphatic heterocycles. The summed E-state index contributed by atoms with van der Waals surface area (Å²) in [5.74, 6) is -0.141. The van der Waals surface area contributed by atoms with E-state index in [1.54, 1.807) is 37.5 Å². The van der Waals surface area contributed by atoms with Crippen molar-refractivity contribution in [1.82, 2.24) is 9.97 Å². The third-order valence-corrected chi connectivity index (χ3v) is 3.39. The molecule has 3 heterocycles. The van der Waals surface area contributed by atoms with Gasteiger partial charge < -0.3 is 15.5 Å². The van der Waals surface area contributed by atoms with E-state index in [1.165, 1.54) is 0 Å². The molecule has 6 nitrogen and oxygen atoms in total. The van der Waals surface area contributed by atoms with Gasteiger partial charge in [-0.25, -0.2) is 0 Å². The molecule has 3 rings (SSSR count). The van der Waals surface area contributed by atoms with Gasteiger partial charge in [-0.05, 0) is 24.6 Å². The van der Waals surface area contributed by atoms with Crippen molar-refractivity contribution in [3.05, 3.63) is 69.2 Å². The first kappa shape index (κ1) is 12.9. The molecule has 104 valence electrons. The molecular weight excluding hydrogens is 268 g/mol. The van der Waals surface area contributed by atoms with Crippen LogP contribution in [-0.4, -0.2) is 9.97 Å². The normalized spacial score (nSPS) is 16.9. The molecule has 6 heteroatoms. The molecule has 0 bridgehead atoms. The van der Waals surface area contributed by atoms with E-state index in [2.05, 4.69) is 9.97 Å². The quantitative estimate of drug-likeness (QED) is 0.819. The third kappa shape index (κ3) is 2.05. The molecule has 0 amide bonds. The zero-order valence-electron chi connectivity index (χ0n) is 11.3. The SMILES string of the molecule is Cc1cc2c(c(=O)[nH]1)[C@H](c1ccncc1)C(C#N)=C(N)O2. The van der Waals surface area contributed by atoms with Crippen LogP contribution in [0.4, 0.5) is 0 Å². The van der Waals surface area contributed by atoms with Crippen molar-refractivity contribution in [2.45, 2.75) is 12.8 Å². The first-order valence-corrected chi connectivity index (χ1v) is 6.33. The predicted molar refractivity (Wildman–Crippen MR) is 75.3 cm³/mol. The Bertz CT molecular complexity index is 831. The van der Waals surface area contributed by atoms with E-state index in [-0.39, 0.29) is 17.0 Å². The fourth-order valence-electron chi connectivity index (χ4n) is 2.50. The molecule has 0 fully saturated rings. The van der Waals surface area contributed by atoms with Gasteiger partial charge >= 0.3 is 0 Å². The Balaban J connectivity index is 2.32. The summed E-state index contributed by atoms with van der Waals surface area (Å²) in [4.78, 5) is 19.0. The van der Waals surface area contributed by atoms with Gasteiger partial charge in [-0.2, -0.15) is 5.26 Å². The molecular formula is C15H12N4O2. The molecule has 0 saturated carbocycles. The predicted octanol–water partition coefficient (Wildman–Crippen LogP) is 1.30. The van der Waals surface area contributed by atoms with Crippen LogP contribution in [0, 0.1) is 18.3 Å². The van der Waals surface area contributed by atoms with Gasteiger partial charge in [-0.1, -0.05) is 0 Å². The number of fused-ring (bicyclic) bond motifs is 1. The Morgan fingerprint density at radius 1 is 1.43 bits per heavy atom. The Labute approximate surface area is 120 Å². The highest BCUT2D eigenvalue weighted by Crippen LogP contribution is 2.39. The van der Waals surface area contributed by atoms with Gasteiger partial charge in [0.05, 0.1) is 11.5 Å². The Morgan fingerprint density at radius 2 is 2.14 bits per heavy atom. The molecule has 1 atom stereocenters. The number of hydrogen-bond acceptors (Lipinski definition) is 5. The summed E-state index contributed by atoms with van der Waals surface area (Å²) in [5, 5.41) is 9.37. The largest absolute Gasteiger partial charge is 0.440 e. The van der Waals surface area contributed by atoms with Crippen LogP contribution in [0.2, 0.25) is 0 Å². The monoisotopic (exact) mass is 280 g/mol. The Kier molecular flexibility index (Phi) is 2.95. The Hall–Kier alpha value is -3.07. The summed E-state index contributed by atoms with van der Waals surface area (Å²) in [6.07, 6.45) is 3.22. The molecule has 0 saturated heterocycles. The van der Waals surface area contributed by atoms with Crippen LogP contribution in [0.5, 0.6) is 5.75 Å². The molecule has 2 aromatic rings. The van der Waals surface area contributed by atoms with Crippen molar-refractivity contribution in [2.24, 2.45) is 5.73 Å². The van der Waals surface area contributed by atoms with Crippen molar-refractivity contribution in [3.8, 4) is 11.8 Å². The van der Waals surface area contributed by atoms with E-state index < -0.39 is 5.92 Å². The number of nitrogens with zero attached hydrogens (tertiary/aromatic N) is 2. The molecule has 0 aromatic carbocycles. The summed E-state index contributed by atoms with van der Waals surface area (Å²) < 4.78 is 5.45. The van der Waals surface area contributed by atoms with E-state index in [4.69, 9.17) is 10.5 Å². The fourth-order valence-corrected chi connectivity index (χ4v) is 2.50. The van der Waals surface area contributed by atoms with Crippen LogP contribution in [0.15, 0.2) is 46.8 Å². The second kappa shape index (κ2) is 4.80. The van der Waals surface area contributed by atoms with Gasteiger partial charge in [0.2, 0.25) is 5.88 Å².